The lowest BCUT2D eigenvalue weighted by molar-refractivity contribution is -0.137. The first-order chi connectivity index (χ1) is 9.61. The number of carbonyl (C=O) groups is 1. The summed E-state index contributed by atoms with van der Waals surface area (Å²) in [7, 11) is 0. The molecule has 0 radical (unpaired) electrons. The van der Waals surface area contributed by atoms with E-state index in [1.54, 1.807) is 0 Å². The number of piperazine rings is 1. The van der Waals surface area contributed by atoms with Gasteiger partial charge in [0.05, 0.1) is 5.69 Å². The molecule has 6 heteroatoms. The van der Waals surface area contributed by atoms with Crippen molar-refractivity contribution in [1.82, 2.24) is 15.0 Å². The summed E-state index contributed by atoms with van der Waals surface area (Å²) in [5, 5.41) is 3.98. The molecule has 0 aliphatic carbocycles. The molecular weight excluding hydrogens is 258 g/mol. The average molecular weight is 281 g/mol. The van der Waals surface area contributed by atoms with Gasteiger partial charge >= 0.3 is 0 Å². The zero-order valence-corrected chi connectivity index (χ0v) is 12.5. The fourth-order valence-corrected chi connectivity index (χ4v) is 2.39. The van der Waals surface area contributed by atoms with Gasteiger partial charge in [0, 0.05) is 44.9 Å². The molecule has 6 nitrogen and oxygen atoms in total. The molecule has 1 fully saturated rings. The van der Waals surface area contributed by atoms with E-state index >= 15 is 0 Å². The van der Waals surface area contributed by atoms with Gasteiger partial charge in [0.2, 0.25) is 5.91 Å². The maximum absolute atomic E-state index is 11.8. The van der Waals surface area contributed by atoms with Gasteiger partial charge in [-0.25, -0.2) is 0 Å². The Balaban J connectivity index is 1.81. The predicted octanol–water partition coefficient (Wildman–Crippen LogP) is 0.972. The minimum absolute atomic E-state index is 0.0869. The molecule has 1 aliphatic heterocycles. The van der Waals surface area contributed by atoms with E-state index in [-0.39, 0.29) is 12.5 Å². The van der Waals surface area contributed by atoms with E-state index in [1.807, 2.05) is 25.7 Å². The number of hydrogen-bond acceptors (Lipinski definition) is 5. The molecule has 1 amide bonds. The molecule has 20 heavy (non-hydrogen) atoms. The van der Waals surface area contributed by atoms with E-state index in [0.717, 1.165) is 44.2 Å². The van der Waals surface area contributed by atoms with Crippen molar-refractivity contribution in [3.63, 3.8) is 0 Å². The van der Waals surface area contributed by atoms with Gasteiger partial charge in [0.15, 0.2) is 0 Å². The highest BCUT2D eigenvalue weighted by molar-refractivity contribution is 5.77. The van der Waals surface area contributed by atoms with E-state index in [0.29, 0.717) is 6.61 Å². The van der Waals surface area contributed by atoms with Gasteiger partial charge in [-0.1, -0.05) is 5.16 Å². The van der Waals surface area contributed by atoms with E-state index in [1.165, 1.54) is 5.56 Å². The highest BCUT2D eigenvalue weighted by Crippen LogP contribution is 2.16. The summed E-state index contributed by atoms with van der Waals surface area (Å²) in [6.45, 7) is 10.7. The molecule has 2 heterocycles. The minimum atomic E-state index is 0.0869. The topological polar surface area (TPSA) is 58.8 Å². The van der Waals surface area contributed by atoms with Crippen molar-refractivity contribution in [1.29, 1.82) is 0 Å². The van der Waals surface area contributed by atoms with Gasteiger partial charge in [0.25, 0.3) is 0 Å². The molecule has 112 valence electrons. The van der Waals surface area contributed by atoms with Crippen molar-refractivity contribution >= 4 is 5.91 Å². The van der Waals surface area contributed by atoms with E-state index in [2.05, 4.69) is 10.1 Å². The second kappa shape index (κ2) is 6.85. The predicted molar refractivity (Wildman–Crippen MR) is 74.3 cm³/mol. The highest BCUT2D eigenvalue weighted by atomic mass is 16.5. The third kappa shape index (κ3) is 3.58. The molecule has 0 unspecified atom stereocenters. The Labute approximate surface area is 119 Å². The van der Waals surface area contributed by atoms with Crippen molar-refractivity contribution in [2.45, 2.75) is 27.3 Å². The fraction of sp³-hybridized carbons (Fsp3) is 0.714. The lowest BCUT2D eigenvalue weighted by Gasteiger charge is -2.34. The van der Waals surface area contributed by atoms with Gasteiger partial charge in [-0.15, -0.1) is 0 Å². The fourth-order valence-electron chi connectivity index (χ4n) is 2.39. The number of nitrogens with zero attached hydrogens (tertiary/aromatic N) is 3. The van der Waals surface area contributed by atoms with Crippen LogP contribution in [0.1, 0.15) is 23.9 Å². The third-order valence-electron chi connectivity index (χ3n) is 3.72. The maximum atomic E-state index is 11.8. The van der Waals surface area contributed by atoms with Crippen LogP contribution in [0, 0.1) is 13.8 Å². The lowest BCUT2D eigenvalue weighted by atomic mass is 10.2. The SMILES string of the molecule is CCOCC(=O)N1CCN(Cc2c(C)noc2C)CC1. The number of carbonyl (C=O) groups excluding carboxylic acids is 1. The molecule has 1 aromatic heterocycles. The van der Waals surface area contributed by atoms with Crippen LogP contribution in [-0.4, -0.2) is 60.3 Å². The van der Waals surface area contributed by atoms with Crippen LogP contribution < -0.4 is 0 Å². The Morgan fingerprint density at radius 2 is 2.00 bits per heavy atom. The van der Waals surface area contributed by atoms with Crippen LogP contribution in [0.4, 0.5) is 0 Å². The van der Waals surface area contributed by atoms with Crippen LogP contribution in [0.15, 0.2) is 4.52 Å². The molecule has 2 rings (SSSR count). The van der Waals surface area contributed by atoms with Crippen LogP contribution in [0.3, 0.4) is 0 Å². The van der Waals surface area contributed by atoms with Gasteiger partial charge in [-0.3, -0.25) is 9.69 Å². The maximum Gasteiger partial charge on any atom is 0.248 e. The first kappa shape index (κ1) is 15.0. The van der Waals surface area contributed by atoms with Gasteiger partial charge in [-0.05, 0) is 20.8 Å². The third-order valence-corrected chi connectivity index (χ3v) is 3.72. The smallest absolute Gasteiger partial charge is 0.248 e. The quantitative estimate of drug-likeness (QED) is 0.805. The van der Waals surface area contributed by atoms with Crippen molar-refractivity contribution in [3.05, 3.63) is 17.0 Å². The summed E-state index contributed by atoms with van der Waals surface area (Å²) >= 11 is 0. The van der Waals surface area contributed by atoms with Crippen LogP contribution in [-0.2, 0) is 16.1 Å². The van der Waals surface area contributed by atoms with Crippen molar-refractivity contribution < 1.29 is 14.1 Å². The first-order valence-electron chi connectivity index (χ1n) is 7.11. The summed E-state index contributed by atoms with van der Waals surface area (Å²) in [5.41, 5.74) is 2.12. The second-order valence-corrected chi connectivity index (χ2v) is 5.10. The van der Waals surface area contributed by atoms with E-state index in [4.69, 9.17) is 9.26 Å². The standard InChI is InChI=1S/C14H23N3O3/c1-4-19-10-14(18)17-7-5-16(6-8-17)9-13-11(2)15-20-12(13)3/h4-10H2,1-3H3. The summed E-state index contributed by atoms with van der Waals surface area (Å²) in [6, 6.07) is 0. The summed E-state index contributed by atoms with van der Waals surface area (Å²) in [6.07, 6.45) is 0. The molecule has 0 saturated carbocycles. The number of hydrogen-bond donors (Lipinski definition) is 0. The molecule has 0 N–H and O–H groups in total. The number of aromatic nitrogens is 1. The minimum Gasteiger partial charge on any atom is -0.372 e. The van der Waals surface area contributed by atoms with Gasteiger partial charge in [-0.2, -0.15) is 0 Å². The Bertz CT molecular complexity index is 431. The zero-order valence-electron chi connectivity index (χ0n) is 12.5. The molecular formula is C14H23N3O3. The van der Waals surface area contributed by atoms with Crippen molar-refractivity contribution in [2.24, 2.45) is 0 Å². The molecule has 1 saturated heterocycles. The Morgan fingerprint density at radius 1 is 1.30 bits per heavy atom. The van der Waals surface area contributed by atoms with Crippen LogP contribution in [0.25, 0.3) is 0 Å². The van der Waals surface area contributed by atoms with Gasteiger partial charge in [0.1, 0.15) is 12.4 Å². The van der Waals surface area contributed by atoms with Crippen molar-refractivity contribution in [2.75, 3.05) is 39.4 Å². The molecule has 0 spiro atoms. The molecule has 0 aromatic carbocycles. The Hall–Kier alpha value is -1.40. The highest BCUT2D eigenvalue weighted by Gasteiger charge is 2.22. The van der Waals surface area contributed by atoms with Crippen LogP contribution >= 0.6 is 0 Å². The normalized spacial score (nSPS) is 16.6. The lowest BCUT2D eigenvalue weighted by Crippen LogP contribution is -2.49. The summed E-state index contributed by atoms with van der Waals surface area (Å²) in [5.74, 6) is 0.973. The van der Waals surface area contributed by atoms with E-state index in [9.17, 15) is 4.79 Å². The average Bonchev–Trinajstić information content (AvgIpc) is 2.77. The Kier molecular flexibility index (Phi) is 5.14. The van der Waals surface area contributed by atoms with Crippen LogP contribution in [0.2, 0.25) is 0 Å². The summed E-state index contributed by atoms with van der Waals surface area (Å²) in [4.78, 5) is 16.1. The second-order valence-electron chi connectivity index (χ2n) is 5.10. The number of rotatable bonds is 5. The van der Waals surface area contributed by atoms with E-state index < -0.39 is 0 Å². The number of amides is 1. The van der Waals surface area contributed by atoms with Crippen LogP contribution in [0.5, 0.6) is 0 Å². The first-order valence-corrected chi connectivity index (χ1v) is 7.11. The van der Waals surface area contributed by atoms with Crippen molar-refractivity contribution in [3.8, 4) is 0 Å². The molecule has 1 aromatic rings. The number of ether oxygens (including phenoxy) is 1. The largest absolute Gasteiger partial charge is 0.372 e. The molecule has 0 bridgehead atoms. The van der Waals surface area contributed by atoms with Gasteiger partial charge < -0.3 is 14.2 Å². The monoisotopic (exact) mass is 281 g/mol. The summed E-state index contributed by atoms with van der Waals surface area (Å²) < 4.78 is 10.3. The Morgan fingerprint density at radius 3 is 2.55 bits per heavy atom. The zero-order chi connectivity index (χ0) is 14.5. The molecule has 0 atom stereocenters. The molecule has 1 aliphatic rings. The number of aryl methyl sites for hydroxylation is 2.